The van der Waals surface area contributed by atoms with Crippen LogP contribution in [0.4, 0.5) is 17.6 Å². The first-order valence-corrected chi connectivity index (χ1v) is 18.0. The lowest BCUT2D eigenvalue weighted by Gasteiger charge is -2.38. The lowest BCUT2D eigenvalue weighted by atomic mass is 9.73. The number of benzene rings is 8. The fourth-order valence-electron chi connectivity index (χ4n) is 7.73. The van der Waals surface area contributed by atoms with Gasteiger partial charge in [0, 0.05) is 22.3 Å². The smallest absolute Gasteiger partial charge is 0.127 e. The highest BCUT2D eigenvalue weighted by molar-refractivity contribution is 7.19. The van der Waals surface area contributed by atoms with Crippen molar-refractivity contribution in [2.24, 2.45) is 0 Å². The van der Waals surface area contributed by atoms with Crippen molar-refractivity contribution in [3.63, 3.8) is 0 Å². The topological polar surface area (TPSA) is 0 Å². The van der Waals surface area contributed by atoms with Gasteiger partial charge in [0.2, 0.25) is 0 Å². The van der Waals surface area contributed by atoms with E-state index in [2.05, 4.69) is 18.5 Å². The van der Waals surface area contributed by atoms with E-state index in [1.165, 1.54) is 24.3 Å². The largest absolute Gasteiger partial charge is 0.207 e. The Morgan fingerprint density at radius 3 is 0.865 bits per heavy atom. The Kier molecular flexibility index (Phi) is 8.78. The molecule has 8 aromatic carbocycles. The summed E-state index contributed by atoms with van der Waals surface area (Å²) in [6, 6.07) is 49.1. The predicted molar refractivity (Wildman–Crippen MR) is 212 cm³/mol. The highest BCUT2D eigenvalue weighted by Crippen LogP contribution is 2.56. The van der Waals surface area contributed by atoms with Gasteiger partial charge < -0.3 is 0 Å². The zero-order valence-corrected chi connectivity index (χ0v) is 30.1. The summed E-state index contributed by atoms with van der Waals surface area (Å²) in [6.45, 7) is 0. The Hall–Kier alpha value is -5.14. The second kappa shape index (κ2) is 13.4. The van der Waals surface area contributed by atoms with Gasteiger partial charge in [0.15, 0.2) is 0 Å². The second-order valence-corrected chi connectivity index (χ2v) is 14.7. The van der Waals surface area contributed by atoms with E-state index in [-0.39, 0.29) is 22.3 Å². The van der Waals surface area contributed by atoms with E-state index in [9.17, 15) is 0 Å². The monoisotopic (exact) mass is 722 g/mol. The lowest BCUT2D eigenvalue weighted by Crippen LogP contribution is -2.28. The Morgan fingerprint density at radius 1 is 0.288 bits per heavy atom. The Labute approximate surface area is 304 Å². The van der Waals surface area contributed by atoms with Crippen molar-refractivity contribution >= 4 is 40.0 Å². The van der Waals surface area contributed by atoms with Crippen LogP contribution in [-0.2, 0) is 10.3 Å². The van der Waals surface area contributed by atoms with Crippen LogP contribution in [0.1, 0.15) is 33.4 Å². The number of halogens is 4. The highest BCUT2D eigenvalue weighted by Gasteiger charge is 2.42. The number of hydrogen-bond acceptors (Lipinski definition) is 0. The van der Waals surface area contributed by atoms with Crippen molar-refractivity contribution in [2.75, 3.05) is 0 Å². The van der Waals surface area contributed by atoms with Gasteiger partial charge in [0.1, 0.15) is 23.3 Å². The minimum atomic E-state index is -1.45. The first-order valence-electron chi connectivity index (χ1n) is 16.9. The van der Waals surface area contributed by atoms with Crippen LogP contribution in [0.5, 0.6) is 0 Å². The average molecular weight is 723 g/mol. The molecule has 52 heavy (non-hydrogen) atoms. The van der Waals surface area contributed by atoms with Crippen LogP contribution in [0.2, 0.25) is 0 Å². The number of rotatable bonds is 7. The molecule has 2 atom stereocenters. The molecule has 0 radical (unpaired) electrons. The van der Waals surface area contributed by atoms with Gasteiger partial charge in [-0.2, -0.15) is 0 Å². The molecule has 0 spiro atoms. The molecule has 0 heterocycles. The van der Waals surface area contributed by atoms with Crippen LogP contribution in [0.3, 0.4) is 0 Å². The molecule has 0 aromatic heterocycles. The maximum atomic E-state index is 16.3. The summed E-state index contributed by atoms with van der Waals surface area (Å²) >= 11 is 0. The van der Waals surface area contributed by atoms with E-state index in [4.69, 9.17) is 0 Å². The molecule has 0 aliphatic carbocycles. The molecule has 0 N–H and O–H groups in total. The van der Waals surface area contributed by atoms with Gasteiger partial charge in [-0.25, -0.2) is 17.6 Å². The van der Waals surface area contributed by atoms with E-state index in [1.54, 1.807) is 72.8 Å². The minimum absolute atomic E-state index is 0.253. The van der Waals surface area contributed by atoms with Crippen LogP contribution in [0, 0.1) is 23.3 Å². The molecular weight excluding hydrogens is 690 g/mol. The van der Waals surface area contributed by atoms with Gasteiger partial charge in [-0.05, 0) is 68.1 Å². The zero-order chi connectivity index (χ0) is 36.0. The van der Waals surface area contributed by atoms with Crippen molar-refractivity contribution in [1.29, 1.82) is 0 Å². The normalized spacial score (nSPS) is 12.0. The first-order chi connectivity index (χ1) is 25.2. The van der Waals surface area contributed by atoms with Crippen molar-refractivity contribution in [3.05, 3.63) is 227 Å². The zero-order valence-electron chi connectivity index (χ0n) is 27.8. The molecule has 0 aliphatic heterocycles. The van der Waals surface area contributed by atoms with E-state index in [1.807, 2.05) is 72.8 Å². The third-order valence-corrected chi connectivity index (χ3v) is 12.0. The molecule has 0 aliphatic rings. The van der Waals surface area contributed by atoms with Gasteiger partial charge in [-0.3, -0.25) is 0 Å². The summed E-state index contributed by atoms with van der Waals surface area (Å²) in [5, 5.41) is 0.493. The van der Waals surface area contributed by atoms with Gasteiger partial charge in [-0.15, -0.1) is 18.5 Å². The van der Waals surface area contributed by atoms with Gasteiger partial charge in [-0.1, -0.05) is 146 Å². The van der Waals surface area contributed by atoms with E-state index >= 15 is 17.6 Å². The van der Waals surface area contributed by atoms with Crippen LogP contribution >= 0.6 is 18.5 Å². The summed E-state index contributed by atoms with van der Waals surface area (Å²) in [5.41, 5.74) is 3.58. The molecule has 8 aromatic rings. The third-order valence-electron chi connectivity index (χ3n) is 10.2. The third kappa shape index (κ3) is 5.36. The van der Waals surface area contributed by atoms with Crippen molar-refractivity contribution in [2.45, 2.75) is 10.3 Å². The van der Waals surface area contributed by atoms with Crippen molar-refractivity contribution < 1.29 is 17.6 Å². The Balaban J connectivity index is 1.62. The van der Waals surface area contributed by atoms with Crippen LogP contribution in [-0.4, -0.2) is 0 Å². The molecule has 0 nitrogen and oxygen atoms in total. The molecule has 8 rings (SSSR count). The fraction of sp³-hybridized carbons (Fsp3) is 0.0435. The van der Waals surface area contributed by atoms with E-state index in [0.29, 0.717) is 22.3 Å². The number of fused-ring (bicyclic) bond motifs is 2. The molecule has 6 heteroatoms. The second-order valence-electron chi connectivity index (χ2n) is 13.0. The molecule has 0 amide bonds. The van der Waals surface area contributed by atoms with Crippen molar-refractivity contribution in [1.82, 2.24) is 0 Å². The summed E-state index contributed by atoms with van der Waals surface area (Å²) in [4.78, 5) is 0. The quantitative estimate of drug-likeness (QED) is 0.0873. The standard InChI is InChI=1S/C46H32F4P2/c47-39-21-9-5-17-33(39)45(51,34-18-6-10-22-40(34)48)37-27-25-29-13-1-3-15-31(29)43(37)44-32-16-4-2-14-30(32)26-28-38(44)46(52,35-19-7-11-23-41(35)49)36-20-8-12-24-42(36)50/h1-28H,51-52H2. The van der Waals surface area contributed by atoms with Crippen LogP contribution < -0.4 is 0 Å². The molecule has 0 saturated heterocycles. The maximum Gasteiger partial charge on any atom is 0.127 e. The SMILES string of the molecule is Fc1ccccc1C(P)(c1ccccc1F)c1ccc2ccccc2c1-c1c(C(P)(c2ccccc2F)c2ccccc2F)ccc2ccccc12. The average Bonchev–Trinajstić information content (AvgIpc) is 3.17. The number of hydrogen-bond donors (Lipinski definition) is 0. The van der Waals surface area contributed by atoms with Gasteiger partial charge in [0.25, 0.3) is 0 Å². The summed E-state index contributed by atoms with van der Waals surface area (Å²) in [6.07, 6.45) is 0. The summed E-state index contributed by atoms with van der Waals surface area (Å²) in [7, 11) is 5.61. The fourth-order valence-corrected chi connectivity index (χ4v) is 9.15. The Morgan fingerprint density at radius 2 is 0.558 bits per heavy atom. The molecule has 0 fully saturated rings. The first kappa shape index (κ1) is 34.0. The van der Waals surface area contributed by atoms with Gasteiger partial charge >= 0.3 is 0 Å². The lowest BCUT2D eigenvalue weighted by molar-refractivity contribution is 0.575. The van der Waals surface area contributed by atoms with Gasteiger partial charge in [0.05, 0.1) is 10.3 Å². The van der Waals surface area contributed by atoms with E-state index < -0.39 is 33.6 Å². The molecular formula is C46H32F4P2. The molecule has 2 unspecified atom stereocenters. The highest BCUT2D eigenvalue weighted by atomic mass is 31.0. The Bertz CT molecular complexity index is 2360. The molecule has 0 bridgehead atoms. The predicted octanol–water partition coefficient (Wildman–Crippen LogP) is 12.6. The minimum Gasteiger partial charge on any atom is -0.207 e. The van der Waals surface area contributed by atoms with Crippen LogP contribution in [0.15, 0.2) is 170 Å². The van der Waals surface area contributed by atoms with Crippen LogP contribution in [0.25, 0.3) is 32.7 Å². The van der Waals surface area contributed by atoms with Crippen molar-refractivity contribution in [3.8, 4) is 11.1 Å². The molecule has 0 saturated carbocycles. The summed E-state index contributed by atoms with van der Waals surface area (Å²) < 4.78 is 65.1. The van der Waals surface area contributed by atoms with E-state index in [0.717, 1.165) is 21.5 Å². The maximum absolute atomic E-state index is 16.3. The summed E-state index contributed by atoms with van der Waals surface area (Å²) in [5.74, 6) is -2.01. The molecule has 254 valence electrons.